The van der Waals surface area contributed by atoms with E-state index in [-0.39, 0.29) is 18.2 Å². The molecule has 2 nitrogen and oxygen atoms in total. The lowest BCUT2D eigenvalue weighted by atomic mass is 10.2. The van der Waals surface area contributed by atoms with Gasteiger partial charge in [0.2, 0.25) is 0 Å². The van der Waals surface area contributed by atoms with Crippen molar-refractivity contribution in [2.45, 2.75) is 0 Å². The van der Waals surface area contributed by atoms with Crippen LogP contribution < -0.4 is 5.73 Å². The van der Waals surface area contributed by atoms with Crippen LogP contribution in [0.15, 0.2) is 42.5 Å². The lowest BCUT2D eigenvalue weighted by molar-refractivity contribution is 0.625. The van der Waals surface area contributed by atoms with Crippen LogP contribution in [-0.2, 0) is 0 Å². The van der Waals surface area contributed by atoms with Gasteiger partial charge in [0.25, 0.3) is 0 Å². The number of benzene rings is 1. The van der Waals surface area contributed by atoms with E-state index in [0.717, 1.165) is 0 Å². The molecule has 17 heavy (non-hydrogen) atoms. The predicted octanol–water partition coefficient (Wildman–Crippen LogP) is 3.40. The van der Waals surface area contributed by atoms with Gasteiger partial charge in [-0.1, -0.05) is 24.3 Å². The summed E-state index contributed by atoms with van der Waals surface area (Å²) in [5, 5.41) is 0. The van der Waals surface area contributed by atoms with Gasteiger partial charge in [0, 0.05) is 5.56 Å². The molecule has 1 heterocycles. The molecule has 0 aliphatic carbocycles. The molecule has 0 bridgehead atoms. The van der Waals surface area contributed by atoms with Gasteiger partial charge in [-0.05, 0) is 30.4 Å². The first-order chi connectivity index (χ1) is 7.75. The number of halogens is 2. The Morgan fingerprint density at radius 2 is 1.76 bits per heavy atom. The predicted molar refractivity (Wildman–Crippen MR) is 71.2 cm³/mol. The van der Waals surface area contributed by atoms with E-state index in [0.29, 0.717) is 17.1 Å². The molecule has 0 saturated carbocycles. The SMILES string of the molecule is Cl.Nc1cccc(/C=C/c2ccccc2F)n1. The minimum atomic E-state index is -0.248. The van der Waals surface area contributed by atoms with E-state index < -0.39 is 0 Å². The molecular weight excluding hydrogens is 239 g/mol. The fourth-order valence-electron chi connectivity index (χ4n) is 1.35. The number of anilines is 1. The van der Waals surface area contributed by atoms with E-state index >= 15 is 0 Å². The molecule has 0 radical (unpaired) electrons. The molecule has 4 heteroatoms. The highest BCUT2D eigenvalue weighted by Crippen LogP contribution is 2.11. The standard InChI is InChI=1S/C13H11FN2.ClH/c14-12-6-2-1-4-10(12)8-9-11-5-3-7-13(15)16-11;/h1-9H,(H2,15,16);1H/b9-8+;. The Kier molecular flexibility index (Phi) is 4.67. The first-order valence-electron chi connectivity index (χ1n) is 4.91. The molecule has 2 aromatic rings. The molecule has 0 aliphatic heterocycles. The van der Waals surface area contributed by atoms with Crippen molar-refractivity contribution in [3.63, 3.8) is 0 Å². The topological polar surface area (TPSA) is 38.9 Å². The lowest BCUT2D eigenvalue weighted by Gasteiger charge is -1.96. The molecule has 0 spiro atoms. The van der Waals surface area contributed by atoms with E-state index in [1.807, 2.05) is 12.1 Å². The van der Waals surface area contributed by atoms with Crippen molar-refractivity contribution >= 4 is 30.4 Å². The number of pyridine rings is 1. The summed E-state index contributed by atoms with van der Waals surface area (Å²) in [6.45, 7) is 0. The third-order valence-electron chi connectivity index (χ3n) is 2.13. The summed E-state index contributed by atoms with van der Waals surface area (Å²) < 4.78 is 13.3. The van der Waals surface area contributed by atoms with Crippen molar-refractivity contribution in [3.05, 3.63) is 59.5 Å². The van der Waals surface area contributed by atoms with Crippen molar-refractivity contribution in [2.75, 3.05) is 5.73 Å². The second-order valence-corrected chi connectivity index (χ2v) is 3.34. The van der Waals surface area contributed by atoms with E-state index in [9.17, 15) is 4.39 Å². The zero-order valence-electron chi connectivity index (χ0n) is 9.01. The van der Waals surface area contributed by atoms with Crippen LogP contribution in [0.4, 0.5) is 10.2 Å². The molecule has 2 N–H and O–H groups in total. The molecular formula is C13H12ClFN2. The largest absolute Gasteiger partial charge is 0.384 e. The highest BCUT2D eigenvalue weighted by Gasteiger charge is 1.95. The first kappa shape index (κ1) is 13.2. The molecule has 0 saturated heterocycles. The molecule has 1 aromatic carbocycles. The Morgan fingerprint density at radius 1 is 1.00 bits per heavy atom. The number of aromatic nitrogens is 1. The summed E-state index contributed by atoms with van der Waals surface area (Å²) in [7, 11) is 0. The van der Waals surface area contributed by atoms with Gasteiger partial charge in [-0.2, -0.15) is 0 Å². The van der Waals surface area contributed by atoms with Crippen LogP contribution in [0.2, 0.25) is 0 Å². The minimum Gasteiger partial charge on any atom is -0.384 e. The number of nitrogens with zero attached hydrogens (tertiary/aromatic N) is 1. The maximum Gasteiger partial charge on any atom is 0.130 e. The fourth-order valence-corrected chi connectivity index (χ4v) is 1.35. The maximum absolute atomic E-state index is 13.3. The molecule has 1 aromatic heterocycles. The zero-order chi connectivity index (χ0) is 11.4. The van der Waals surface area contributed by atoms with Crippen LogP contribution in [0.25, 0.3) is 12.2 Å². The van der Waals surface area contributed by atoms with E-state index in [1.54, 1.807) is 36.4 Å². The summed E-state index contributed by atoms with van der Waals surface area (Å²) in [5.74, 6) is 0.207. The Balaban J connectivity index is 0.00000144. The highest BCUT2D eigenvalue weighted by molar-refractivity contribution is 5.85. The van der Waals surface area contributed by atoms with Gasteiger partial charge in [0.05, 0.1) is 5.69 Å². The van der Waals surface area contributed by atoms with Crippen LogP contribution in [0.5, 0.6) is 0 Å². The number of rotatable bonds is 2. The van der Waals surface area contributed by atoms with Gasteiger partial charge in [-0.15, -0.1) is 12.4 Å². The molecule has 2 rings (SSSR count). The molecule has 0 amide bonds. The Hall–Kier alpha value is -1.87. The van der Waals surface area contributed by atoms with Gasteiger partial charge >= 0.3 is 0 Å². The molecule has 88 valence electrons. The average Bonchev–Trinajstić information content (AvgIpc) is 2.28. The van der Waals surface area contributed by atoms with Crippen LogP contribution in [0.3, 0.4) is 0 Å². The monoisotopic (exact) mass is 250 g/mol. The van der Waals surface area contributed by atoms with Crippen molar-refractivity contribution in [1.29, 1.82) is 0 Å². The maximum atomic E-state index is 13.3. The summed E-state index contributed by atoms with van der Waals surface area (Å²) in [6, 6.07) is 11.9. The number of nitrogen functional groups attached to an aromatic ring is 1. The van der Waals surface area contributed by atoms with Gasteiger partial charge in [-0.25, -0.2) is 9.37 Å². The molecule has 0 fully saturated rings. The third-order valence-corrected chi connectivity index (χ3v) is 2.13. The zero-order valence-corrected chi connectivity index (χ0v) is 9.82. The van der Waals surface area contributed by atoms with E-state index in [4.69, 9.17) is 5.73 Å². The Bertz CT molecular complexity index is 526. The van der Waals surface area contributed by atoms with Crippen molar-refractivity contribution < 1.29 is 4.39 Å². The first-order valence-corrected chi connectivity index (χ1v) is 4.91. The summed E-state index contributed by atoms with van der Waals surface area (Å²) >= 11 is 0. The van der Waals surface area contributed by atoms with Crippen molar-refractivity contribution in [2.24, 2.45) is 0 Å². The summed E-state index contributed by atoms with van der Waals surface area (Å²) in [4.78, 5) is 4.09. The Morgan fingerprint density at radius 3 is 2.47 bits per heavy atom. The van der Waals surface area contributed by atoms with Crippen LogP contribution in [0, 0.1) is 5.82 Å². The quantitative estimate of drug-likeness (QED) is 0.887. The van der Waals surface area contributed by atoms with Crippen LogP contribution in [0.1, 0.15) is 11.3 Å². The van der Waals surface area contributed by atoms with Gasteiger partial charge < -0.3 is 5.73 Å². The second-order valence-electron chi connectivity index (χ2n) is 3.34. The Labute approximate surface area is 105 Å². The summed E-state index contributed by atoms with van der Waals surface area (Å²) in [5.41, 5.74) is 6.78. The van der Waals surface area contributed by atoms with Crippen molar-refractivity contribution in [1.82, 2.24) is 4.98 Å². The van der Waals surface area contributed by atoms with Gasteiger partial charge in [-0.3, -0.25) is 0 Å². The highest BCUT2D eigenvalue weighted by atomic mass is 35.5. The number of hydrogen-bond donors (Lipinski definition) is 1. The van der Waals surface area contributed by atoms with Crippen LogP contribution >= 0.6 is 12.4 Å². The smallest absolute Gasteiger partial charge is 0.130 e. The summed E-state index contributed by atoms with van der Waals surface area (Å²) in [6.07, 6.45) is 3.41. The molecule has 0 unspecified atom stereocenters. The van der Waals surface area contributed by atoms with Gasteiger partial charge in [0.1, 0.15) is 11.6 Å². The lowest BCUT2D eigenvalue weighted by Crippen LogP contribution is -1.90. The van der Waals surface area contributed by atoms with Crippen molar-refractivity contribution in [3.8, 4) is 0 Å². The van der Waals surface area contributed by atoms with Gasteiger partial charge in [0.15, 0.2) is 0 Å². The normalized spacial score (nSPS) is 10.2. The number of nitrogens with two attached hydrogens (primary N) is 1. The number of hydrogen-bond acceptors (Lipinski definition) is 2. The van der Waals surface area contributed by atoms with Crippen LogP contribution in [-0.4, -0.2) is 4.98 Å². The average molecular weight is 251 g/mol. The van der Waals surface area contributed by atoms with E-state index in [1.165, 1.54) is 6.07 Å². The second kappa shape index (κ2) is 6.01. The molecule has 0 aliphatic rings. The minimum absolute atomic E-state index is 0. The third kappa shape index (κ3) is 3.57. The molecule has 0 atom stereocenters. The fraction of sp³-hybridized carbons (Fsp3) is 0. The van der Waals surface area contributed by atoms with E-state index in [2.05, 4.69) is 4.98 Å².